The summed E-state index contributed by atoms with van der Waals surface area (Å²) >= 11 is 0. The average Bonchev–Trinajstić information content (AvgIpc) is 2.70. The molecule has 3 rings (SSSR count). The fraction of sp³-hybridized carbons (Fsp3) is 0.435. The number of hydrogen-bond acceptors (Lipinski definition) is 3. The lowest BCUT2D eigenvalue weighted by Gasteiger charge is -2.34. The summed E-state index contributed by atoms with van der Waals surface area (Å²) in [5.41, 5.74) is 3.72. The molecule has 1 amide bonds. The molecule has 0 spiro atoms. The zero-order valence-corrected chi connectivity index (χ0v) is 16.2. The van der Waals surface area contributed by atoms with Gasteiger partial charge in [0.25, 0.3) is 0 Å². The van der Waals surface area contributed by atoms with E-state index in [9.17, 15) is 9.90 Å². The maximum absolute atomic E-state index is 13.0. The van der Waals surface area contributed by atoms with Crippen LogP contribution in [0.15, 0.2) is 54.6 Å². The van der Waals surface area contributed by atoms with Crippen LogP contribution in [-0.4, -0.2) is 47.1 Å². The third kappa shape index (κ3) is 5.65. The molecule has 2 aromatic rings. The Morgan fingerprint density at radius 2 is 1.70 bits per heavy atom. The number of aryl methyl sites for hydroxylation is 1. The quantitative estimate of drug-likeness (QED) is 0.818. The molecule has 0 aromatic heterocycles. The Morgan fingerprint density at radius 1 is 1.04 bits per heavy atom. The molecule has 144 valence electrons. The minimum absolute atomic E-state index is 0.00480. The monoisotopic (exact) mass is 366 g/mol. The van der Waals surface area contributed by atoms with Crippen LogP contribution in [0.25, 0.3) is 0 Å². The SMILES string of the molecule is Cc1ccc(CN2CCC(C(=O)N(CCO)Cc3ccccc3)CC2)cc1. The van der Waals surface area contributed by atoms with Crippen molar-refractivity contribution in [3.63, 3.8) is 0 Å². The van der Waals surface area contributed by atoms with Crippen LogP contribution in [0.5, 0.6) is 0 Å². The van der Waals surface area contributed by atoms with Crippen LogP contribution in [-0.2, 0) is 17.9 Å². The second-order valence-corrected chi connectivity index (χ2v) is 7.51. The molecule has 2 aromatic carbocycles. The number of nitrogens with zero attached hydrogens (tertiary/aromatic N) is 2. The summed E-state index contributed by atoms with van der Waals surface area (Å²) in [5.74, 6) is 0.248. The Balaban J connectivity index is 1.53. The van der Waals surface area contributed by atoms with Gasteiger partial charge < -0.3 is 10.0 Å². The lowest BCUT2D eigenvalue weighted by Crippen LogP contribution is -2.43. The number of aliphatic hydroxyl groups excluding tert-OH is 1. The third-order valence-electron chi connectivity index (χ3n) is 5.36. The first-order valence-corrected chi connectivity index (χ1v) is 9.87. The second kappa shape index (κ2) is 9.67. The van der Waals surface area contributed by atoms with Gasteiger partial charge in [-0.1, -0.05) is 60.2 Å². The molecule has 0 radical (unpaired) electrons. The van der Waals surface area contributed by atoms with Gasteiger partial charge in [0.1, 0.15) is 0 Å². The molecule has 0 bridgehead atoms. The fourth-order valence-corrected chi connectivity index (χ4v) is 3.74. The Morgan fingerprint density at radius 3 is 2.33 bits per heavy atom. The highest BCUT2D eigenvalue weighted by Crippen LogP contribution is 2.22. The smallest absolute Gasteiger partial charge is 0.226 e. The average molecular weight is 367 g/mol. The first-order valence-electron chi connectivity index (χ1n) is 9.87. The van der Waals surface area contributed by atoms with E-state index in [0.29, 0.717) is 13.1 Å². The minimum Gasteiger partial charge on any atom is -0.395 e. The summed E-state index contributed by atoms with van der Waals surface area (Å²) in [5, 5.41) is 9.39. The molecule has 27 heavy (non-hydrogen) atoms. The van der Waals surface area contributed by atoms with Crippen molar-refractivity contribution in [3.8, 4) is 0 Å². The van der Waals surface area contributed by atoms with Gasteiger partial charge in [-0.25, -0.2) is 0 Å². The summed E-state index contributed by atoms with van der Waals surface area (Å²) in [7, 11) is 0. The lowest BCUT2D eigenvalue weighted by atomic mass is 9.94. The molecule has 1 aliphatic heterocycles. The number of benzene rings is 2. The molecule has 4 nitrogen and oxygen atoms in total. The van der Waals surface area contributed by atoms with Crippen molar-refractivity contribution < 1.29 is 9.90 Å². The number of carbonyl (C=O) groups excluding carboxylic acids is 1. The molecule has 0 saturated carbocycles. The van der Waals surface area contributed by atoms with Gasteiger partial charge in [0.05, 0.1) is 6.61 Å². The van der Waals surface area contributed by atoms with Gasteiger partial charge in [-0.05, 0) is 44.0 Å². The van der Waals surface area contributed by atoms with Crippen LogP contribution in [0.1, 0.15) is 29.5 Å². The number of likely N-dealkylation sites (tertiary alicyclic amines) is 1. The number of carbonyl (C=O) groups is 1. The van der Waals surface area contributed by atoms with Crippen molar-refractivity contribution in [3.05, 3.63) is 71.3 Å². The van der Waals surface area contributed by atoms with Gasteiger partial charge in [-0.15, -0.1) is 0 Å². The first-order chi connectivity index (χ1) is 13.2. The normalized spacial score (nSPS) is 15.6. The molecule has 1 aliphatic rings. The van der Waals surface area contributed by atoms with E-state index in [1.165, 1.54) is 11.1 Å². The molecule has 4 heteroatoms. The van der Waals surface area contributed by atoms with Crippen LogP contribution in [0, 0.1) is 12.8 Å². The Bertz CT molecular complexity index is 707. The lowest BCUT2D eigenvalue weighted by molar-refractivity contribution is -0.138. The molecule has 0 aliphatic carbocycles. The minimum atomic E-state index is 0.00480. The summed E-state index contributed by atoms with van der Waals surface area (Å²) in [4.78, 5) is 17.2. The molecular formula is C23H30N2O2. The molecule has 1 saturated heterocycles. The van der Waals surface area contributed by atoms with Crippen LogP contribution in [0.4, 0.5) is 0 Å². The largest absolute Gasteiger partial charge is 0.395 e. The van der Waals surface area contributed by atoms with Crippen LogP contribution >= 0.6 is 0 Å². The van der Waals surface area contributed by atoms with Gasteiger partial charge in [0.2, 0.25) is 5.91 Å². The van der Waals surface area contributed by atoms with E-state index in [2.05, 4.69) is 36.1 Å². The Kier molecular flexibility index (Phi) is 7.02. The Labute approximate surface area is 162 Å². The maximum Gasteiger partial charge on any atom is 0.226 e. The van der Waals surface area contributed by atoms with Gasteiger partial charge >= 0.3 is 0 Å². The highest BCUT2D eigenvalue weighted by Gasteiger charge is 2.28. The second-order valence-electron chi connectivity index (χ2n) is 7.51. The summed E-state index contributed by atoms with van der Waals surface area (Å²) in [6.45, 7) is 5.93. The van der Waals surface area contributed by atoms with E-state index >= 15 is 0 Å². The summed E-state index contributed by atoms with van der Waals surface area (Å²) in [6, 6.07) is 18.7. The van der Waals surface area contributed by atoms with Gasteiger partial charge in [-0.2, -0.15) is 0 Å². The van der Waals surface area contributed by atoms with Crippen LogP contribution < -0.4 is 0 Å². The first kappa shape index (κ1) is 19.6. The topological polar surface area (TPSA) is 43.8 Å². The number of piperidine rings is 1. The molecule has 0 unspecified atom stereocenters. The van der Waals surface area contributed by atoms with E-state index < -0.39 is 0 Å². The van der Waals surface area contributed by atoms with Crippen molar-refractivity contribution in [2.45, 2.75) is 32.9 Å². The molecule has 0 atom stereocenters. The number of amides is 1. The predicted molar refractivity (Wildman–Crippen MR) is 108 cm³/mol. The number of aliphatic hydroxyl groups is 1. The zero-order valence-electron chi connectivity index (χ0n) is 16.2. The van der Waals surface area contributed by atoms with Crippen molar-refractivity contribution in [1.29, 1.82) is 0 Å². The van der Waals surface area contributed by atoms with Crippen molar-refractivity contribution in [2.75, 3.05) is 26.2 Å². The molecular weight excluding hydrogens is 336 g/mol. The van der Waals surface area contributed by atoms with E-state index in [-0.39, 0.29) is 18.4 Å². The molecule has 1 heterocycles. The van der Waals surface area contributed by atoms with E-state index in [4.69, 9.17) is 0 Å². The summed E-state index contributed by atoms with van der Waals surface area (Å²) in [6.07, 6.45) is 1.78. The van der Waals surface area contributed by atoms with Crippen LogP contribution in [0.2, 0.25) is 0 Å². The standard InChI is InChI=1S/C23H30N2O2/c1-19-7-9-21(10-8-19)17-24-13-11-22(12-14-24)23(27)25(15-16-26)18-20-5-3-2-4-6-20/h2-10,22,26H,11-18H2,1H3. The molecule has 1 N–H and O–H groups in total. The zero-order chi connectivity index (χ0) is 19.1. The highest BCUT2D eigenvalue weighted by atomic mass is 16.3. The van der Waals surface area contributed by atoms with E-state index in [1.807, 2.05) is 35.2 Å². The highest BCUT2D eigenvalue weighted by molar-refractivity contribution is 5.79. The van der Waals surface area contributed by atoms with Gasteiger partial charge in [-0.3, -0.25) is 9.69 Å². The van der Waals surface area contributed by atoms with Crippen molar-refractivity contribution in [1.82, 2.24) is 9.80 Å². The van der Waals surface area contributed by atoms with E-state index in [1.54, 1.807) is 0 Å². The third-order valence-corrected chi connectivity index (χ3v) is 5.36. The molecule has 1 fully saturated rings. The number of hydrogen-bond donors (Lipinski definition) is 1. The van der Waals surface area contributed by atoms with Crippen molar-refractivity contribution in [2.24, 2.45) is 5.92 Å². The van der Waals surface area contributed by atoms with E-state index in [0.717, 1.165) is 38.0 Å². The maximum atomic E-state index is 13.0. The van der Waals surface area contributed by atoms with Crippen LogP contribution in [0.3, 0.4) is 0 Å². The van der Waals surface area contributed by atoms with Gasteiger partial charge in [0, 0.05) is 25.6 Å². The fourth-order valence-electron chi connectivity index (χ4n) is 3.74. The number of rotatable bonds is 7. The van der Waals surface area contributed by atoms with Crippen molar-refractivity contribution >= 4 is 5.91 Å². The Hall–Kier alpha value is -2.17. The van der Waals surface area contributed by atoms with Gasteiger partial charge in [0.15, 0.2) is 0 Å². The predicted octanol–water partition coefficient (Wildman–Crippen LogP) is 3.23. The summed E-state index contributed by atoms with van der Waals surface area (Å²) < 4.78 is 0.